The Morgan fingerprint density at radius 1 is 1.15 bits per heavy atom. The monoisotopic (exact) mass is 381 g/mol. The molecule has 1 aromatic heterocycles. The van der Waals surface area contributed by atoms with Gasteiger partial charge in [0.25, 0.3) is 5.91 Å². The molecule has 0 saturated carbocycles. The highest BCUT2D eigenvalue weighted by molar-refractivity contribution is 6.30. The number of hydrogen-bond donors (Lipinski definition) is 2. The second-order valence-electron chi connectivity index (χ2n) is 6.75. The van der Waals surface area contributed by atoms with Crippen molar-refractivity contribution in [1.82, 2.24) is 15.2 Å². The zero-order valence-corrected chi connectivity index (χ0v) is 15.5. The number of benzene rings is 2. The van der Waals surface area contributed by atoms with E-state index in [-0.39, 0.29) is 11.8 Å². The van der Waals surface area contributed by atoms with Gasteiger partial charge in [0.1, 0.15) is 6.04 Å². The number of hydrogen-bond acceptors (Lipinski definition) is 2. The van der Waals surface area contributed by atoms with Crippen LogP contribution in [0.15, 0.2) is 54.7 Å². The number of H-pyrrole nitrogens is 1. The van der Waals surface area contributed by atoms with Gasteiger partial charge in [-0.15, -0.1) is 0 Å². The van der Waals surface area contributed by atoms with Gasteiger partial charge >= 0.3 is 0 Å². The molecule has 0 spiro atoms. The maximum absolute atomic E-state index is 13.1. The van der Waals surface area contributed by atoms with Gasteiger partial charge in [-0.25, -0.2) is 0 Å². The number of rotatable bonds is 4. The summed E-state index contributed by atoms with van der Waals surface area (Å²) in [6, 6.07) is 14.4. The minimum absolute atomic E-state index is 0.0932. The third-order valence-electron chi connectivity index (χ3n) is 5.02. The van der Waals surface area contributed by atoms with E-state index in [1.54, 1.807) is 17.0 Å². The average Bonchev–Trinajstić information content (AvgIpc) is 3.35. The van der Waals surface area contributed by atoms with Crippen LogP contribution in [0.2, 0.25) is 5.02 Å². The predicted molar refractivity (Wildman–Crippen MR) is 106 cm³/mol. The zero-order valence-electron chi connectivity index (χ0n) is 14.7. The molecule has 0 radical (unpaired) electrons. The van der Waals surface area contributed by atoms with Crippen LogP contribution in [-0.2, 0) is 11.3 Å². The Morgan fingerprint density at radius 3 is 2.78 bits per heavy atom. The van der Waals surface area contributed by atoms with Gasteiger partial charge in [-0.3, -0.25) is 9.59 Å². The quantitative estimate of drug-likeness (QED) is 0.723. The molecule has 1 atom stereocenters. The van der Waals surface area contributed by atoms with Gasteiger partial charge in [0.15, 0.2) is 0 Å². The van der Waals surface area contributed by atoms with E-state index in [4.69, 9.17) is 11.6 Å². The first-order valence-electron chi connectivity index (χ1n) is 9.03. The number of amides is 2. The lowest BCUT2D eigenvalue weighted by Crippen LogP contribution is -2.45. The molecule has 5 nitrogen and oxygen atoms in total. The fraction of sp³-hybridized carbons (Fsp3) is 0.238. The summed E-state index contributed by atoms with van der Waals surface area (Å²) in [6.07, 6.45) is 3.33. The second kappa shape index (κ2) is 7.45. The van der Waals surface area contributed by atoms with Crippen molar-refractivity contribution >= 4 is 34.3 Å². The molecule has 0 bridgehead atoms. The molecule has 3 aromatic rings. The van der Waals surface area contributed by atoms with Crippen molar-refractivity contribution < 1.29 is 9.59 Å². The molecular formula is C21H20ClN3O2. The molecule has 2 aromatic carbocycles. The lowest BCUT2D eigenvalue weighted by Gasteiger charge is -2.24. The third kappa shape index (κ3) is 3.55. The van der Waals surface area contributed by atoms with Crippen molar-refractivity contribution in [2.45, 2.75) is 25.4 Å². The molecule has 4 rings (SSSR count). The molecule has 2 heterocycles. The van der Waals surface area contributed by atoms with E-state index in [1.807, 2.05) is 42.6 Å². The SMILES string of the molecule is O=C(NCc1ccc(Cl)cc1)C1CCCN1C(=O)c1cccc2[nH]ccc12. The van der Waals surface area contributed by atoms with E-state index in [1.165, 1.54) is 0 Å². The summed E-state index contributed by atoms with van der Waals surface area (Å²) in [4.78, 5) is 30.6. The predicted octanol–water partition coefficient (Wildman–Crippen LogP) is 3.74. The molecule has 1 aliphatic heterocycles. The first-order chi connectivity index (χ1) is 13.1. The largest absolute Gasteiger partial charge is 0.361 e. The molecular weight excluding hydrogens is 362 g/mol. The summed E-state index contributed by atoms with van der Waals surface area (Å²) in [5.74, 6) is -0.207. The number of nitrogens with zero attached hydrogens (tertiary/aromatic N) is 1. The van der Waals surface area contributed by atoms with Gasteiger partial charge in [0, 0.05) is 40.8 Å². The van der Waals surface area contributed by atoms with Gasteiger partial charge in [0.05, 0.1) is 0 Å². The minimum Gasteiger partial charge on any atom is -0.361 e. The number of fused-ring (bicyclic) bond motifs is 1. The summed E-state index contributed by atoms with van der Waals surface area (Å²) in [5.41, 5.74) is 2.52. The van der Waals surface area contributed by atoms with Crippen LogP contribution in [0.3, 0.4) is 0 Å². The van der Waals surface area contributed by atoms with Crippen LogP contribution >= 0.6 is 11.6 Å². The summed E-state index contributed by atoms with van der Waals surface area (Å²) in [6.45, 7) is 1.01. The van der Waals surface area contributed by atoms with Crippen molar-refractivity contribution in [3.63, 3.8) is 0 Å². The van der Waals surface area contributed by atoms with Crippen molar-refractivity contribution in [1.29, 1.82) is 0 Å². The number of halogens is 1. The van der Waals surface area contributed by atoms with Crippen LogP contribution < -0.4 is 5.32 Å². The van der Waals surface area contributed by atoms with Gasteiger partial charge in [0.2, 0.25) is 5.91 Å². The zero-order chi connectivity index (χ0) is 18.8. The minimum atomic E-state index is -0.431. The fourth-order valence-electron chi connectivity index (χ4n) is 3.62. The fourth-order valence-corrected chi connectivity index (χ4v) is 3.74. The molecule has 1 unspecified atom stereocenters. The summed E-state index contributed by atoms with van der Waals surface area (Å²) in [7, 11) is 0. The third-order valence-corrected chi connectivity index (χ3v) is 5.27. The van der Waals surface area contributed by atoms with Crippen LogP contribution in [0.25, 0.3) is 10.9 Å². The molecule has 0 aliphatic carbocycles. The molecule has 27 heavy (non-hydrogen) atoms. The van der Waals surface area contributed by atoms with E-state index < -0.39 is 6.04 Å². The normalized spacial score (nSPS) is 16.6. The highest BCUT2D eigenvalue weighted by Crippen LogP contribution is 2.24. The Hall–Kier alpha value is -2.79. The van der Waals surface area contributed by atoms with Gasteiger partial charge in [-0.1, -0.05) is 29.8 Å². The lowest BCUT2D eigenvalue weighted by molar-refractivity contribution is -0.125. The Kier molecular flexibility index (Phi) is 4.86. The maximum Gasteiger partial charge on any atom is 0.255 e. The van der Waals surface area contributed by atoms with Crippen LogP contribution in [0.4, 0.5) is 0 Å². The number of carbonyl (C=O) groups excluding carboxylic acids is 2. The molecule has 2 amide bonds. The average molecular weight is 382 g/mol. The Morgan fingerprint density at radius 2 is 1.96 bits per heavy atom. The molecule has 6 heteroatoms. The van der Waals surface area contributed by atoms with Crippen LogP contribution in [0.1, 0.15) is 28.8 Å². The number of carbonyl (C=O) groups is 2. The maximum atomic E-state index is 13.1. The van der Waals surface area contributed by atoms with E-state index in [9.17, 15) is 9.59 Å². The molecule has 2 N–H and O–H groups in total. The van der Waals surface area contributed by atoms with Crippen LogP contribution in [0, 0.1) is 0 Å². The van der Waals surface area contributed by atoms with Gasteiger partial charge < -0.3 is 15.2 Å². The summed E-state index contributed by atoms with van der Waals surface area (Å²) >= 11 is 5.89. The second-order valence-corrected chi connectivity index (χ2v) is 7.18. The summed E-state index contributed by atoms with van der Waals surface area (Å²) < 4.78 is 0. The number of aromatic nitrogens is 1. The number of likely N-dealkylation sites (tertiary alicyclic amines) is 1. The van der Waals surface area contributed by atoms with Gasteiger partial charge in [-0.05, 0) is 48.7 Å². The topological polar surface area (TPSA) is 65.2 Å². The van der Waals surface area contributed by atoms with Crippen LogP contribution in [0.5, 0.6) is 0 Å². The molecule has 1 saturated heterocycles. The summed E-state index contributed by atoms with van der Waals surface area (Å²) in [5, 5.41) is 4.49. The standard InChI is InChI=1S/C21H20ClN3O2/c22-15-8-6-14(7-9-15)13-24-20(26)19-5-2-12-25(19)21(27)17-3-1-4-18-16(17)10-11-23-18/h1,3-4,6-11,19,23H,2,5,12-13H2,(H,24,26). The van der Waals surface area contributed by atoms with E-state index in [2.05, 4.69) is 10.3 Å². The molecule has 138 valence electrons. The first-order valence-corrected chi connectivity index (χ1v) is 9.40. The first kappa shape index (κ1) is 17.6. The van der Waals surface area contributed by atoms with E-state index in [0.29, 0.717) is 30.1 Å². The highest BCUT2D eigenvalue weighted by atomic mass is 35.5. The number of nitrogens with one attached hydrogen (secondary N) is 2. The highest BCUT2D eigenvalue weighted by Gasteiger charge is 2.34. The van der Waals surface area contributed by atoms with Gasteiger partial charge in [-0.2, -0.15) is 0 Å². The smallest absolute Gasteiger partial charge is 0.255 e. The number of aromatic amines is 1. The molecule has 1 fully saturated rings. The van der Waals surface area contributed by atoms with E-state index in [0.717, 1.165) is 22.9 Å². The molecule has 1 aliphatic rings. The van der Waals surface area contributed by atoms with Crippen molar-refractivity contribution in [3.05, 3.63) is 70.9 Å². The lowest BCUT2D eigenvalue weighted by atomic mass is 10.1. The Bertz CT molecular complexity index is 981. The van der Waals surface area contributed by atoms with E-state index >= 15 is 0 Å². The van der Waals surface area contributed by atoms with Crippen molar-refractivity contribution in [2.24, 2.45) is 0 Å². The Labute approximate surface area is 162 Å². The Balaban J connectivity index is 1.48. The van der Waals surface area contributed by atoms with Crippen molar-refractivity contribution in [3.8, 4) is 0 Å². The van der Waals surface area contributed by atoms with Crippen LogP contribution in [-0.4, -0.2) is 34.3 Å². The van der Waals surface area contributed by atoms with Crippen molar-refractivity contribution in [2.75, 3.05) is 6.54 Å².